The third-order valence-electron chi connectivity index (χ3n) is 4.19. The first kappa shape index (κ1) is 18.8. The van der Waals surface area contributed by atoms with Gasteiger partial charge in [0.15, 0.2) is 0 Å². The molecule has 0 N–H and O–H groups in total. The molecule has 0 fully saturated rings. The summed E-state index contributed by atoms with van der Waals surface area (Å²) in [5, 5.41) is 4.05. The van der Waals surface area contributed by atoms with Gasteiger partial charge in [0.1, 0.15) is 17.2 Å². The maximum Gasteiger partial charge on any atom is 0.365 e. The van der Waals surface area contributed by atoms with Crippen molar-refractivity contribution in [1.82, 2.24) is 0 Å². The van der Waals surface area contributed by atoms with Gasteiger partial charge in [-0.05, 0) is 42.8 Å². The number of fused-ring (bicyclic) bond motifs is 1. The number of hydrogen-bond acceptors (Lipinski definition) is 6. The van der Waals surface area contributed by atoms with Crippen molar-refractivity contribution in [3.05, 3.63) is 53.6 Å². The Morgan fingerprint density at radius 2 is 1.93 bits per heavy atom. The fraction of sp³-hybridized carbons (Fsp3) is 0.333. The van der Waals surface area contributed by atoms with Crippen LogP contribution in [0.4, 0.5) is 0 Å². The van der Waals surface area contributed by atoms with Gasteiger partial charge in [-0.1, -0.05) is 18.5 Å². The molecule has 1 heterocycles. The lowest BCUT2D eigenvalue weighted by Crippen LogP contribution is -2.17. The Labute approximate surface area is 158 Å². The molecule has 0 atom stereocenters. The molecule has 142 valence electrons. The van der Waals surface area contributed by atoms with Gasteiger partial charge in [0, 0.05) is 18.1 Å². The second-order valence-corrected chi connectivity index (χ2v) is 6.10. The van der Waals surface area contributed by atoms with E-state index in [1.54, 1.807) is 37.4 Å². The minimum absolute atomic E-state index is 0.421. The summed E-state index contributed by atoms with van der Waals surface area (Å²) in [5.41, 5.74) is 1.89. The third-order valence-corrected chi connectivity index (χ3v) is 4.19. The minimum atomic E-state index is -0.510. The highest BCUT2D eigenvalue weighted by Gasteiger charge is 2.19. The summed E-state index contributed by atoms with van der Waals surface area (Å²) in [6, 6.07) is 12.3. The van der Waals surface area contributed by atoms with Crippen LogP contribution in [0.25, 0.3) is 0 Å². The van der Waals surface area contributed by atoms with Gasteiger partial charge in [0.2, 0.25) is 0 Å². The molecule has 0 amide bonds. The van der Waals surface area contributed by atoms with Crippen LogP contribution < -0.4 is 14.2 Å². The lowest BCUT2D eigenvalue weighted by Gasteiger charge is -2.19. The van der Waals surface area contributed by atoms with Crippen LogP contribution in [0, 0.1) is 0 Å². The Kier molecular flexibility index (Phi) is 6.30. The number of nitrogens with zero attached hydrogens (tertiary/aromatic N) is 1. The summed E-state index contributed by atoms with van der Waals surface area (Å²) in [6.07, 6.45) is 2.64. The standard InChI is InChI=1S/C21H23NO5/c1-3-4-12-25-16-7-5-15(6-8-16)21(23)27-22-19-11-13-26-20-14-17(24-2)9-10-18(19)20/h5-10,14H,3-4,11-13H2,1-2H3. The Hall–Kier alpha value is -3.02. The van der Waals surface area contributed by atoms with Crippen LogP contribution in [0.1, 0.15) is 42.1 Å². The highest BCUT2D eigenvalue weighted by atomic mass is 16.7. The molecule has 3 rings (SSSR count). The number of benzene rings is 2. The number of carbonyl (C=O) groups is 1. The summed E-state index contributed by atoms with van der Waals surface area (Å²) in [5.74, 6) is 1.60. The van der Waals surface area contributed by atoms with E-state index in [0.29, 0.717) is 42.4 Å². The largest absolute Gasteiger partial charge is 0.497 e. The van der Waals surface area contributed by atoms with Crippen molar-refractivity contribution >= 4 is 11.7 Å². The molecule has 0 unspecified atom stereocenters. The van der Waals surface area contributed by atoms with Gasteiger partial charge in [-0.25, -0.2) is 4.79 Å². The molecule has 6 nitrogen and oxygen atoms in total. The van der Waals surface area contributed by atoms with Crippen molar-refractivity contribution in [3.8, 4) is 17.2 Å². The zero-order valence-corrected chi connectivity index (χ0v) is 15.6. The van der Waals surface area contributed by atoms with Crippen LogP contribution in [0.3, 0.4) is 0 Å². The number of unbranched alkanes of at least 4 members (excludes halogenated alkanes) is 1. The number of carbonyl (C=O) groups excluding carboxylic acids is 1. The molecule has 2 aromatic rings. The first-order chi connectivity index (χ1) is 13.2. The van der Waals surface area contributed by atoms with Crippen LogP contribution in [0.15, 0.2) is 47.6 Å². The number of hydrogen-bond donors (Lipinski definition) is 0. The summed E-state index contributed by atoms with van der Waals surface area (Å²) in [7, 11) is 1.60. The molecule has 1 aliphatic rings. The maximum absolute atomic E-state index is 12.3. The first-order valence-electron chi connectivity index (χ1n) is 9.03. The zero-order valence-electron chi connectivity index (χ0n) is 15.6. The van der Waals surface area contributed by atoms with E-state index >= 15 is 0 Å². The van der Waals surface area contributed by atoms with E-state index in [9.17, 15) is 4.79 Å². The van der Waals surface area contributed by atoms with Gasteiger partial charge in [-0.3, -0.25) is 0 Å². The minimum Gasteiger partial charge on any atom is -0.497 e. The van der Waals surface area contributed by atoms with Gasteiger partial charge in [0.05, 0.1) is 31.6 Å². The van der Waals surface area contributed by atoms with Crippen molar-refractivity contribution in [2.24, 2.45) is 5.16 Å². The molecular weight excluding hydrogens is 346 g/mol. The van der Waals surface area contributed by atoms with Crippen molar-refractivity contribution in [2.45, 2.75) is 26.2 Å². The Balaban J connectivity index is 1.65. The highest BCUT2D eigenvalue weighted by Crippen LogP contribution is 2.29. The molecule has 0 radical (unpaired) electrons. The van der Waals surface area contributed by atoms with Gasteiger partial charge in [0.25, 0.3) is 0 Å². The van der Waals surface area contributed by atoms with Crippen molar-refractivity contribution < 1.29 is 23.8 Å². The van der Waals surface area contributed by atoms with Gasteiger partial charge < -0.3 is 19.0 Å². The topological polar surface area (TPSA) is 66.4 Å². The van der Waals surface area contributed by atoms with E-state index in [-0.39, 0.29) is 0 Å². The summed E-state index contributed by atoms with van der Waals surface area (Å²) >= 11 is 0. The molecule has 0 saturated carbocycles. The lowest BCUT2D eigenvalue weighted by atomic mass is 10.0. The summed E-state index contributed by atoms with van der Waals surface area (Å²) in [6.45, 7) is 3.25. The van der Waals surface area contributed by atoms with E-state index in [0.717, 1.165) is 24.2 Å². The number of oxime groups is 1. The summed E-state index contributed by atoms with van der Waals surface area (Å²) in [4.78, 5) is 17.4. The van der Waals surface area contributed by atoms with Crippen LogP contribution in [-0.4, -0.2) is 32.0 Å². The van der Waals surface area contributed by atoms with E-state index in [4.69, 9.17) is 19.0 Å². The lowest BCUT2D eigenvalue weighted by molar-refractivity contribution is 0.0514. The summed E-state index contributed by atoms with van der Waals surface area (Å²) < 4.78 is 16.4. The van der Waals surface area contributed by atoms with Crippen LogP contribution >= 0.6 is 0 Å². The predicted molar refractivity (Wildman–Crippen MR) is 102 cm³/mol. The Bertz CT molecular complexity index is 814. The molecular formula is C21H23NO5. The van der Waals surface area contributed by atoms with Gasteiger partial charge in [-0.2, -0.15) is 0 Å². The van der Waals surface area contributed by atoms with E-state index in [2.05, 4.69) is 12.1 Å². The van der Waals surface area contributed by atoms with Crippen molar-refractivity contribution in [1.29, 1.82) is 0 Å². The third kappa shape index (κ3) is 4.78. The second kappa shape index (κ2) is 9.07. The Morgan fingerprint density at radius 3 is 2.67 bits per heavy atom. The number of ether oxygens (including phenoxy) is 3. The van der Waals surface area contributed by atoms with Gasteiger partial charge >= 0.3 is 5.97 Å². The molecule has 0 bridgehead atoms. The normalized spacial score (nSPS) is 14.2. The molecule has 1 aliphatic heterocycles. The SMILES string of the molecule is CCCCOc1ccc(C(=O)ON=C2CCOc3cc(OC)ccc32)cc1. The predicted octanol–water partition coefficient (Wildman–Crippen LogP) is 4.22. The molecule has 2 aromatic carbocycles. The molecule has 0 saturated heterocycles. The second-order valence-electron chi connectivity index (χ2n) is 6.10. The highest BCUT2D eigenvalue weighted by molar-refractivity contribution is 6.04. The van der Waals surface area contributed by atoms with Crippen LogP contribution in [0.2, 0.25) is 0 Å². The monoisotopic (exact) mass is 369 g/mol. The van der Waals surface area contributed by atoms with Crippen LogP contribution in [-0.2, 0) is 4.84 Å². The number of rotatable bonds is 7. The average molecular weight is 369 g/mol. The van der Waals surface area contributed by atoms with Crippen LogP contribution in [0.5, 0.6) is 17.2 Å². The first-order valence-corrected chi connectivity index (χ1v) is 9.03. The van der Waals surface area contributed by atoms with Gasteiger partial charge in [-0.15, -0.1) is 0 Å². The molecule has 6 heteroatoms. The molecule has 0 spiro atoms. The van der Waals surface area contributed by atoms with E-state index < -0.39 is 5.97 Å². The zero-order chi connectivity index (χ0) is 19.1. The fourth-order valence-electron chi connectivity index (χ4n) is 2.65. The smallest absolute Gasteiger partial charge is 0.365 e. The van der Waals surface area contributed by atoms with E-state index in [1.807, 2.05) is 12.1 Å². The quantitative estimate of drug-likeness (QED) is 0.415. The average Bonchev–Trinajstić information content (AvgIpc) is 2.72. The van der Waals surface area contributed by atoms with Crippen molar-refractivity contribution in [3.63, 3.8) is 0 Å². The molecule has 0 aromatic heterocycles. The maximum atomic E-state index is 12.3. The number of methoxy groups -OCH3 is 1. The molecule has 0 aliphatic carbocycles. The van der Waals surface area contributed by atoms with E-state index in [1.165, 1.54) is 0 Å². The molecule has 27 heavy (non-hydrogen) atoms. The Morgan fingerprint density at radius 1 is 1.15 bits per heavy atom. The fourth-order valence-corrected chi connectivity index (χ4v) is 2.65. The van der Waals surface area contributed by atoms with Crippen molar-refractivity contribution in [2.75, 3.05) is 20.3 Å².